The second-order valence-electron chi connectivity index (χ2n) is 7.79. The van der Waals surface area contributed by atoms with Gasteiger partial charge in [-0.3, -0.25) is 9.48 Å². The van der Waals surface area contributed by atoms with Crippen LogP contribution in [0.2, 0.25) is 0 Å². The molecule has 6 nitrogen and oxygen atoms in total. The zero-order valence-electron chi connectivity index (χ0n) is 17.9. The van der Waals surface area contributed by atoms with Crippen LogP contribution in [-0.2, 0) is 13.0 Å². The molecule has 0 bridgehead atoms. The van der Waals surface area contributed by atoms with Gasteiger partial charge in [0.15, 0.2) is 5.69 Å². The molecule has 0 spiro atoms. The molecule has 3 N–H and O–H groups in total. The zero-order chi connectivity index (χ0) is 22.2. The lowest BCUT2D eigenvalue weighted by Gasteiger charge is -2.09. The molecule has 0 aliphatic carbocycles. The number of nitrogens with one attached hydrogen (secondary N) is 1. The van der Waals surface area contributed by atoms with Gasteiger partial charge in [-0.05, 0) is 48.1 Å². The number of hydrogen-bond acceptors (Lipinski definition) is 4. The molecule has 1 aromatic heterocycles. The van der Waals surface area contributed by atoms with Gasteiger partial charge in [-0.1, -0.05) is 78.4 Å². The van der Waals surface area contributed by atoms with E-state index >= 15 is 0 Å². The Kier molecular flexibility index (Phi) is 6.92. The van der Waals surface area contributed by atoms with E-state index in [1.54, 1.807) is 16.9 Å². The smallest absolute Gasteiger partial charge is 0.277 e. The number of nitrogens with two attached hydrogens (primary N) is 1. The molecule has 0 aliphatic heterocycles. The van der Waals surface area contributed by atoms with Gasteiger partial charge in [0.25, 0.3) is 5.91 Å². The lowest BCUT2D eigenvalue weighted by atomic mass is 10.0. The maximum Gasteiger partial charge on any atom is 0.277 e. The van der Waals surface area contributed by atoms with Gasteiger partial charge in [-0.2, -0.15) is 0 Å². The first-order valence-electron chi connectivity index (χ1n) is 10.9. The summed E-state index contributed by atoms with van der Waals surface area (Å²) in [4.78, 5) is 12.7. The summed E-state index contributed by atoms with van der Waals surface area (Å²) in [5.41, 5.74) is 10.8. The van der Waals surface area contributed by atoms with E-state index in [1.807, 2.05) is 48.5 Å². The van der Waals surface area contributed by atoms with E-state index in [0.717, 1.165) is 43.4 Å². The third kappa shape index (κ3) is 5.60. The van der Waals surface area contributed by atoms with Crippen LogP contribution in [-0.4, -0.2) is 20.9 Å². The maximum atomic E-state index is 12.7. The van der Waals surface area contributed by atoms with Gasteiger partial charge in [-0.15, -0.1) is 5.10 Å². The summed E-state index contributed by atoms with van der Waals surface area (Å²) in [6, 6.07) is 26.1. The number of nitrogen functional groups attached to an aromatic ring is 1. The number of nitrogens with zero attached hydrogens (tertiary/aromatic N) is 3. The minimum atomic E-state index is -0.322. The highest BCUT2D eigenvalue weighted by molar-refractivity contribution is 6.04. The fourth-order valence-electron chi connectivity index (χ4n) is 3.60. The van der Waals surface area contributed by atoms with Crippen LogP contribution in [0.5, 0.6) is 0 Å². The molecule has 0 saturated heterocycles. The molecule has 1 amide bonds. The highest BCUT2D eigenvalue weighted by Gasteiger charge is 2.13. The number of aromatic nitrogens is 3. The molecule has 0 aliphatic rings. The van der Waals surface area contributed by atoms with Crippen LogP contribution in [0.1, 0.15) is 35.3 Å². The molecule has 32 heavy (non-hydrogen) atoms. The van der Waals surface area contributed by atoms with E-state index in [0.29, 0.717) is 11.4 Å². The summed E-state index contributed by atoms with van der Waals surface area (Å²) >= 11 is 0. The minimum Gasteiger partial charge on any atom is -0.397 e. The summed E-state index contributed by atoms with van der Waals surface area (Å²) in [5, 5.41) is 11.0. The number of rotatable bonds is 9. The van der Waals surface area contributed by atoms with Gasteiger partial charge in [0.1, 0.15) is 0 Å². The fraction of sp³-hybridized carbons (Fsp3) is 0.192. The second kappa shape index (κ2) is 10.4. The van der Waals surface area contributed by atoms with Gasteiger partial charge < -0.3 is 11.1 Å². The van der Waals surface area contributed by atoms with Crippen molar-refractivity contribution >= 4 is 17.3 Å². The van der Waals surface area contributed by atoms with E-state index in [2.05, 4.69) is 39.9 Å². The summed E-state index contributed by atoms with van der Waals surface area (Å²) in [5.74, 6) is -0.322. The molecule has 0 unspecified atom stereocenters. The Morgan fingerprint density at radius 2 is 1.62 bits per heavy atom. The van der Waals surface area contributed by atoms with E-state index in [1.165, 1.54) is 5.56 Å². The molecule has 0 radical (unpaired) electrons. The lowest BCUT2D eigenvalue weighted by molar-refractivity contribution is 0.102. The van der Waals surface area contributed by atoms with E-state index in [-0.39, 0.29) is 11.6 Å². The molecule has 0 saturated carbocycles. The van der Waals surface area contributed by atoms with Gasteiger partial charge >= 0.3 is 0 Å². The number of amides is 1. The topological polar surface area (TPSA) is 85.8 Å². The summed E-state index contributed by atoms with van der Waals surface area (Å²) < 4.78 is 1.72. The Hall–Kier alpha value is -3.93. The first kappa shape index (κ1) is 21.3. The lowest BCUT2D eigenvalue weighted by Crippen LogP contribution is -2.13. The van der Waals surface area contributed by atoms with Crippen LogP contribution in [0.3, 0.4) is 0 Å². The van der Waals surface area contributed by atoms with Gasteiger partial charge in [0, 0.05) is 6.54 Å². The Morgan fingerprint density at radius 3 is 2.41 bits per heavy atom. The first-order chi connectivity index (χ1) is 15.7. The van der Waals surface area contributed by atoms with E-state index < -0.39 is 0 Å². The average molecular weight is 426 g/mol. The van der Waals surface area contributed by atoms with Crippen LogP contribution >= 0.6 is 0 Å². The summed E-state index contributed by atoms with van der Waals surface area (Å²) in [6.07, 6.45) is 5.98. The SMILES string of the molecule is Nc1ccc(-c2ccccc2)cc1NC(=O)c1cn(CCCCCc2ccccc2)nn1. The molecule has 4 rings (SSSR count). The highest BCUT2D eigenvalue weighted by Crippen LogP contribution is 2.27. The Labute approximate surface area is 188 Å². The molecule has 0 fully saturated rings. The molecule has 162 valence electrons. The van der Waals surface area contributed by atoms with Crippen LogP contribution < -0.4 is 11.1 Å². The molecular weight excluding hydrogens is 398 g/mol. The predicted molar refractivity (Wildman–Crippen MR) is 128 cm³/mol. The van der Waals surface area contributed by atoms with Crippen molar-refractivity contribution in [2.75, 3.05) is 11.1 Å². The predicted octanol–water partition coefficient (Wildman–Crippen LogP) is 5.19. The monoisotopic (exact) mass is 425 g/mol. The van der Waals surface area contributed by atoms with Crippen molar-refractivity contribution in [3.63, 3.8) is 0 Å². The summed E-state index contributed by atoms with van der Waals surface area (Å²) in [6.45, 7) is 0.737. The normalized spacial score (nSPS) is 10.8. The van der Waals surface area contributed by atoms with Gasteiger partial charge in [0.2, 0.25) is 0 Å². The van der Waals surface area contributed by atoms with Crippen LogP contribution in [0.25, 0.3) is 11.1 Å². The van der Waals surface area contributed by atoms with Crippen molar-refractivity contribution in [3.05, 3.63) is 96.3 Å². The largest absolute Gasteiger partial charge is 0.397 e. The quantitative estimate of drug-likeness (QED) is 0.285. The number of benzene rings is 3. The van der Waals surface area contributed by atoms with Gasteiger partial charge in [-0.25, -0.2) is 0 Å². The molecule has 6 heteroatoms. The number of hydrogen-bond donors (Lipinski definition) is 2. The molecular formula is C26H27N5O. The van der Waals surface area contributed by atoms with Crippen molar-refractivity contribution in [2.45, 2.75) is 32.2 Å². The zero-order valence-corrected chi connectivity index (χ0v) is 17.9. The Balaban J connectivity index is 1.30. The molecule has 4 aromatic rings. The first-order valence-corrected chi connectivity index (χ1v) is 10.9. The number of unbranched alkanes of at least 4 members (excludes halogenated alkanes) is 2. The number of anilines is 2. The number of carbonyl (C=O) groups excluding carboxylic acids is 1. The van der Waals surface area contributed by atoms with Crippen LogP contribution in [0, 0.1) is 0 Å². The second-order valence-corrected chi connectivity index (χ2v) is 7.79. The van der Waals surface area contributed by atoms with E-state index in [9.17, 15) is 4.79 Å². The molecule has 1 heterocycles. The van der Waals surface area contributed by atoms with Crippen molar-refractivity contribution in [3.8, 4) is 11.1 Å². The van der Waals surface area contributed by atoms with Crippen LogP contribution in [0.4, 0.5) is 11.4 Å². The van der Waals surface area contributed by atoms with Gasteiger partial charge in [0.05, 0.1) is 17.6 Å². The third-order valence-electron chi connectivity index (χ3n) is 5.38. The Bertz CT molecular complexity index is 1160. The average Bonchev–Trinajstić information content (AvgIpc) is 3.31. The Morgan fingerprint density at radius 1 is 0.875 bits per heavy atom. The standard InChI is InChI=1S/C26H27N5O/c27-23-16-15-22(21-13-7-2-8-14-21)18-24(23)28-26(32)25-19-31(30-29-25)17-9-3-6-12-20-10-4-1-5-11-20/h1-2,4-5,7-8,10-11,13-16,18-19H,3,6,9,12,17,27H2,(H,28,32). The van der Waals surface area contributed by atoms with Crippen LogP contribution in [0.15, 0.2) is 85.1 Å². The van der Waals surface area contributed by atoms with Crippen molar-refractivity contribution in [1.29, 1.82) is 0 Å². The third-order valence-corrected chi connectivity index (χ3v) is 5.38. The van der Waals surface area contributed by atoms with Crippen molar-refractivity contribution in [1.82, 2.24) is 15.0 Å². The maximum absolute atomic E-state index is 12.7. The van der Waals surface area contributed by atoms with E-state index in [4.69, 9.17) is 5.73 Å². The summed E-state index contributed by atoms with van der Waals surface area (Å²) in [7, 11) is 0. The minimum absolute atomic E-state index is 0.277. The number of aryl methyl sites for hydroxylation is 2. The molecule has 3 aromatic carbocycles. The number of carbonyl (C=O) groups is 1. The highest BCUT2D eigenvalue weighted by atomic mass is 16.2. The van der Waals surface area contributed by atoms with Crippen molar-refractivity contribution in [2.24, 2.45) is 0 Å². The van der Waals surface area contributed by atoms with Crippen molar-refractivity contribution < 1.29 is 4.79 Å². The molecule has 0 atom stereocenters. The fourth-order valence-corrected chi connectivity index (χ4v) is 3.60.